The van der Waals surface area contributed by atoms with Crippen LogP contribution in [0.1, 0.15) is 92.6 Å². The molecule has 4 amide bonds. The highest BCUT2D eigenvalue weighted by Crippen LogP contribution is 2.22. The molecule has 4 N–H and O–H groups in total. The van der Waals surface area contributed by atoms with E-state index in [9.17, 15) is 14.4 Å². The van der Waals surface area contributed by atoms with Crippen molar-refractivity contribution in [2.45, 2.75) is 71.1 Å². The monoisotopic (exact) mass is 606 g/mol. The van der Waals surface area contributed by atoms with Crippen LogP contribution in [0.5, 0.6) is 0 Å². The van der Waals surface area contributed by atoms with E-state index in [0.717, 1.165) is 19.3 Å². The first kappa shape index (κ1) is 34.3. The quantitative estimate of drug-likeness (QED) is 0.0741. The molecule has 0 radical (unpaired) electrons. The zero-order valence-electron chi connectivity index (χ0n) is 25.9. The molecule has 8 heteroatoms. The summed E-state index contributed by atoms with van der Waals surface area (Å²) in [5.41, 5.74) is 3.20. The zero-order chi connectivity index (χ0) is 32.3. The predicted molar refractivity (Wildman–Crippen MR) is 183 cm³/mol. The lowest BCUT2D eigenvalue weighted by atomic mass is 10.1. The lowest BCUT2D eigenvalue weighted by Gasteiger charge is -2.13. The van der Waals surface area contributed by atoms with E-state index in [-0.39, 0.29) is 23.5 Å². The highest BCUT2D eigenvalue weighted by atomic mass is 16.5. The topological polar surface area (TPSA) is 109 Å². The minimum absolute atomic E-state index is 0.187. The molecule has 0 unspecified atom stereocenters. The maximum absolute atomic E-state index is 13.0. The summed E-state index contributed by atoms with van der Waals surface area (Å²) in [6, 6.07) is 17.0. The molecule has 0 bridgehead atoms. The maximum Gasteiger partial charge on any atom is 0.338 e. The van der Waals surface area contributed by atoms with Gasteiger partial charge in [-0.3, -0.25) is 0 Å². The summed E-state index contributed by atoms with van der Waals surface area (Å²) in [7, 11) is 0. The van der Waals surface area contributed by atoms with Gasteiger partial charge in [-0.15, -0.1) is 12.8 Å². The van der Waals surface area contributed by atoms with Crippen molar-refractivity contribution in [3.8, 4) is 24.7 Å². The van der Waals surface area contributed by atoms with Crippen LogP contribution in [0.2, 0.25) is 0 Å². The second-order valence-corrected chi connectivity index (χ2v) is 10.7. The molecule has 0 aliphatic rings. The lowest BCUT2D eigenvalue weighted by molar-refractivity contribution is 0.0497. The second kappa shape index (κ2) is 19.1. The molecule has 0 aliphatic carbocycles. The average molecular weight is 607 g/mol. The Kier molecular flexibility index (Phi) is 14.6. The molecule has 8 nitrogen and oxygen atoms in total. The summed E-state index contributed by atoms with van der Waals surface area (Å²) in [6.45, 7) is 2.51. The first-order valence-corrected chi connectivity index (χ1v) is 15.5. The van der Waals surface area contributed by atoms with Gasteiger partial charge in [-0.1, -0.05) is 76.6 Å². The van der Waals surface area contributed by atoms with Crippen LogP contribution in [-0.2, 0) is 4.74 Å². The molecule has 45 heavy (non-hydrogen) atoms. The molecule has 0 aromatic heterocycles. The summed E-state index contributed by atoms with van der Waals surface area (Å²) >= 11 is 0. The van der Waals surface area contributed by atoms with E-state index in [0.29, 0.717) is 22.5 Å². The van der Waals surface area contributed by atoms with E-state index in [4.69, 9.17) is 17.6 Å². The van der Waals surface area contributed by atoms with Gasteiger partial charge in [0.2, 0.25) is 0 Å². The number of urea groups is 2. The Morgan fingerprint density at radius 3 is 1.40 bits per heavy atom. The van der Waals surface area contributed by atoms with Gasteiger partial charge in [0.25, 0.3) is 0 Å². The Morgan fingerprint density at radius 1 is 0.578 bits per heavy atom. The van der Waals surface area contributed by atoms with Crippen LogP contribution < -0.4 is 21.3 Å². The molecule has 0 aliphatic heterocycles. The van der Waals surface area contributed by atoms with E-state index < -0.39 is 18.0 Å². The van der Waals surface area contributed by atoms with Crippen LogP contribution in [-0.4, -0.2) is 24.6 Å². The van der Waals surface area contributed by atoms with Gasteiger partial charge in [0.1, 0.15) is 0 Å². The number of carbonyl (C=O) groups excluding carboxylic acids is 3. The van der Waals surface area contributed by atoms with Crippen molar-refractivity contribution in [1.29, 1.82) is 0 Å². The van der Waals surface area contributed by atoms with E-state index in [1.165, 1.54) is 57.1 Å². The number of benzene rings is 3. The Hall–Kier alpha value is -5.21. The van der Waals surface area contributed by atoms with Gasteiger partial charge in [0.05, 0.1) is 12.2 Å². The molecule has 3 aromatic rings. The molecule has 0 saturated carbocycles. The van der Waals surface area contributed by atoms with Crippen LogP contribution in [0.4, 0.5) is 32.3 Å². The van der Waals surface area contributed by atoms with Crippen molar-refractivity contribution in [2.75, 3.05) is 27.9 Å². The predicted octanol–water partition coefficient (Wildman–Crippen LogP) is 9.01. The van der Waals surface area contributed by atoms with Gasteiger partial charge in [0, 0.05) is 33.9 Å². The number of rotatable bonds is 16. The number of ether oxygens (including phenoxy) is 1. The smallest absolute Gasteiger partial charge is 0.338 e. The van der Waals surface area contributed by atoms with Gasteiger partial charge in [-0.25, -0.2) is 14.4 Å². The van der Waals surface area contributed by atoms with Crippen LogP contribution in [0.3, 0.4) is 0 Å². The number of anilines is 4. The van der Waals surface area contributed by atoms with Crippen molar-refractivity contribution in [3.63, 3.8) is 0 Å². The fourth-order valence-electron chi connectivity index (χ4n) is 4.61. The van der Waals surface area contributed by atoms with Crippen molar-refractivity contribution < 1.29 is 19.1 Å². The van der Waals surface area contributed by atoms with Crippen molar-refractivity contribution in [1.82, 2.24) is 0 Å². The third kappa shape index (κ3) is 12.9. The average Bonchev–Trinajstić information content (AvgIpc) is 3.04. The molecule has 234 valence electrons. The zero-order valence-corrected chi connectivity index (χ0v) is 25.9. The maximum atomic E-state index is 13.0. The Labute approximate surface area is 266 Å². The highest BCUT2D eigenvalue weighted by molar-refractivity contribution is 6.04. The van der Waals surface area contributed by atoms with E-state index in [2.05, 4.69) is 40.0 Å². The highest BCUT2D eigenvalue weighted by Gasteiger charge is 2.14. The third-order valence-corrected chi connectivity index (χ3v) is 7.03. The molecule has 0 saturated heterocycles. The summed E-state index contributed by atoms with van der Waals surface area (Å²) < 4.78 is 5.53. The number of nitrogens with one attached hydrogen (secondary N) is 4. The van der Waals surface area contributed by atoms with Crippen LogP contribution in [0.15, 0.2) is 66.7 Å². The normalized spacial score (nSPS) is 10.2. The first-order valence-electron chi connectivity index (χ1n) is 15.5. The van der Waals surface area contributed by atoms with Crippen molar-refractivity contribution in [2.24, 2.45) is 0 Å². The Bertz CT molecular complexity index is 1390. The number of unbranched alkanes of at least 4 members (excludes halogenated alkanes) is 9. The summed E-state index contributed by atoms with van der Waals surface area (Å²) in [6.07, 6.45) is 22.6. The number of terminal acetylenes is 2. The Balaban J connectivity index is 1.59. The fourth-order valence-corrected chi connectivity index (χ4v) is 4.61. The largest absolute Gasteiger partial charge is 0.462 e. The number of hydrogen-bond donors (Lipinski definition) is 4. The number of amides is 4. The van der Waals surface area contributed by atoms with Crippen LogP contribution >= 0.6 is 0 Å². The van der Waals surface area contributed by atoms with E-state index in [1.807, 2.05) is 0 Å². The van der Waals surface area contributed by atoms with Gasteiger partial charge >= 0.3 is 18.0 Å². The number of hydrogen-bond acceptors (Lipinski definition) is 4. The molecule has 3 rings (SSSR count). The van der Waals surface area contributed by atoms with Gasteiger partial charge in [-0.2, -0.15) is 0 Å². The molecule has 0 fully saturated rings. The number of carbonyl (C=O) groups is 3. The molecule has 0 heterocycles. The molecular weight excluding hydrogens is 564 g/mol. The number of esters is 1. The van der Waals surface area contributed by atoms with Crippen LogP contribution in [0.25, 0.3) is 0 Å². The summed E-state index contributed by atoms with van der Waals surface area (Å²) in [5.74, 6) is 4.50. The van der Waals surface area contributed by atoms with Gasteiger partial charge in [-0.05, 0) is 73.2 Å². The molecule has 0 spiro atoms. The standard InChI is InChI=1S/C37H42N4O4/c1-4-7-8-9-10-11-12-13-14-15-24-45-35(42)30-25-33(40-36(43)38-31-20-16-28(5-2)17-21-31)27-34(26-30)41-37(44)39-32-22-18-29(6-3)19-23-32/h2-3,16-23,25-27H,4,7-15,24H2,1H3,(H2,38,40,43)(H2,39,41,44). The summed E-state index contributed by atoms with van der Waals surface area (Å²) in [5, 5.41) is 10.9. The molecule has 0 atom stereocenters. The minimum atomic E-state index is -0.548. The molecule has 3 aromatic carbocycles. The molecular formula is C37H42N4O4. The van der Waals surface area contributed by atoms with Gasteiger partial charge < -0.3 is 26.0 Å². The Morgan fingerprint density at radius 2 is 0.978 bits per heavy atom. The third-order valence-electron chi connectivity index (χ3n) is 7.03. The van der Waals surface area contributed by atoms with Crippen molar-refractivity contribution in [3.05, 3.63) is 83.4 Å². The minimum Gasteiger partial charge on any atom is -0.462 e. The first-order chi connectivity index (χ1) is 21.9. The van der Waals surface area contributed by atoms with E-state index >= 15 is 0 Å². The SMILES string of the molecule is C#Cc1ccc(NC(=O)Nc2cc(NC(=O)Nc3ccc(C#C)cc3)cc(C(=O)OCCCCCCCCCCCC)c2)cc1. The van der Waals surface area contributed by atoms with Crippen LogP contribution in [0, 0.1) is 24.7 Å². The van der Waals surface area contributed by atoms with Gasteiger partial charge in [0.15, 0.2) is 0 Å². The lowest BCUT2D eigenvalue weighted by Crippen LogP contribution is -2.21. The van der Waals surface area contributed by atoms with Crippen molar-refractivity contribution >= 4 is 40.8 Å². The second-order valence-electron chi connectivity index (χ2n) is 10.7. The summed E-state index contributed by atoms with van der Waals surface area (Å²) in [4.78, 5) is 38.4. The fraction of sp³-hybridized carbons (Fsp3) is 0.324. The van der Waals surface area contributed by atoms with E-state index in [1.54, 1.807) is 54.6 Å².